The highest BCUT2D eigenvalue weighted by Crippen LogP contribution is 2.79. The average Bonchev–Trinajstić information content (AvgIpc) is 0.623. The lowest BCUT2D eigenvalue weighted by molar-refractivity contribution is 0.285. The fourth-order valence-corrected chi connectivity index (χ4v) is 15.8. The van der Waals surface area contributed by atoms with Crippen LogP contribution in [0.3, 0.4) is 0 Å². The van der Waals surface area contributed by atoms with Crippen LogP contribution in [0.15, 0.2) is 218 Å². The summed E-state index contributed by atoms with van der Waals surface area (Å²) in [6.07, 6.45) is 0. The molecule has 0 heterocycles. The van der Waals surface area contributed by atoms with E-state index >= 15 is 0 Å². The number of benzene rings is 12. The molecule has 412 valence electrons. The second-order valence-electron chi connectivity index (χ2n) is 22.4. The molecule has 18 rings (SSSR count). The van der Waals surface area contributed by atoms with Crippen molar-refractivity contribution in [1.82, 2.24) is 0 Å². The van der Waals surface area contributed by atoms with E-state index in [0.717, 1.165) is 110 Å². The van der Waals surface area contributed by atoms with E-state index in [1.54, 1.807) is 56.9 Å². The highest BCUT2D eigenvalue weighted by Gasteiger charge is 2.76. The van der Waals surface area contributed by atoms with Crippen molar-refractivity contribution in [3.8, 4) is 46.0 Å². The molecular weight excluding hydrogens is 1040 g/mol. The van der Waals surface area contributed by atoms with Gasteiger partial charge in [0.05, 0.1) is 78.5 Å². The fourth-order valence-electron chi connectivity index (χ4n) is 15.8. The molecule has 8 heteroatoms. The van der Waals surface area contributed by atoms with E-state index in [9.17, 15) is 0 Å². The van der Waals surface area contributed by atoms with Gasteiger partial charge in [0.15, 0.2) is 0 Å². The van der Waals surface area contributed by atoms with Crippen molar-refractivity contribution in [2.45, 2.75) is 21.7 Å². The topological polar surface area (TPSA) is 73.8 Å². The molecule has 0 aromatic heterocycles. The van der Waals surface area contributed by atoms with E-state index < -0.39 is 21.7 Å². The first-order valence-corrected chi connectivity index (χ1v) is 28.3. The number of hydrogen-bond acceptors (Lipinski definition) is 8. The number of rotatable bonds is 12. The summed E-state index contributed by atoms with van der Waals surface area (Å²) in [7, 11) is 13.9. The van der Waals surface area contributed by atoms with Gasteiger partial charge in [-0.3, -0.25) is 0 Å². The zero-order chi connectivity index (χ0) is 57.3. The Hall–Kier alpha value is -9.92. The van der Waals surface area contributed by atoms with Crippen LogP contribution >= 0.6 is 0 Å². The summed E-state index contributed by atoms with van der Waals surface area (Å²) in [6, 6.07) is 80.9. The number of ether oxygens (including phenoxy) is 8. The monoisotopic (exact) mass is 1100 g/mol. The highest BCUT2D eigenvalue weighted by atomic mass is 16.5. The second kappa shape index (κ2) is 18.8. The number of methoxy groups -OCH3 is 8. The fraction of sp³-hybridized carbons (Fsp3) is 0.158. The highest BCUT2D eigenvalue weighted by molar-refractivity contribution is 6.00. The van der Waals surface area contributed by atoms with Crippen molar-refractivity contribution < 1.29 is 37.9 Å². The van der Waals surface area contributed by atoms with Crippen LogP contribution in [0.5, 0.6) is 46.0 Å². The summed E-state index contributed by atoms with van der Waals surface area (Å²) in [5.41, 5.74) is 7.19. The largest absolute Gasteiger partial charge is 0.497 e. The molecule has 0 radical (unpaired) electrons. The molecule has 4 bridgehead atoms. The maximum Gasteiger partial charge on any atom is 0.122 e. The van der Waals surface area contributed by atoms with Crippen molar-refractivity contribution in [3.05, 3.63) is 285 Å². The molecule has 0 aliphatic heterocycles. The minimum absolute atomic E-state index is 0.643. The Morgan fingerprint density at radius 1 is 0.179 bits per heavy atom. The van der Waals surface area contributed by atoms with Crippen LogP contribution in [0.1, 0.15) is 66.8 Å². The molecule has 0 spiro atoms. The van der Waals surface area contributed by atoms with Gasteiger partial charge in [-0.15, -0.1) is 0 Å². The van der Waals surface area contributed by atoms with Gasteiger partial charge >= 0.3 is 0 Å². The minimum atomic E-state index is -1.29. The van der Waals surface area contributed by atoms with Gasteiger partial charge < -0.3 is 37.9 Å². The molecule has 6 aliphatic rings. The number of fused-ring (bicyclic) bond motifs is 4. The quantitative estimate of drug-likeness (QED) is 0.120. The average molecular weight is 1100 g/mol. The molecule has 0 N–H and O–H groups in total. The Morgan fingerprint density at radius 3 is 0.429 bits per heavy atom. The van der Waals surface area contributed by atoms with Crippen LogP contribution < -0.4 is 37.9 Å². The minimum Gasteiger partial charge on any atom is -0.497 e. The summed E-state index contributed by atoms with van der Waals surface area (Å²) >= 11 is 0. The number of hydrogen-bond donors (Lipinski definition) is 0. The van der Waals surface area contributed by atoms with E-state index in [1.165, 1.54) is 0 Å². The first-order valence-electron chi connectivity index (χ1n) is 28.3. The Kier molecular flexibility index (Phi) is 11.4. The molecule has 12 aromatic rings. The lowest BCUT2D eigenvalue weighted by Crippen LogP contribution is -2.68. The molecule has 0 unspecified atom stereocenters. The van der Waals surface area contributed by atoms with Crippen LogP contribution in [-0.2, 0) is 21.7 Å². The first kappa shape index (κ1) is 51.0. The summed E-state index contributed by atoms with van der Waals surface area (Å²) < 4.78 is 51.9. The molecule has 0 saturated heterocycles. The summed E-state index contributed by atoms with van der Waals surface area (Å²) in [4.78, 5) is 0. The van der Waals surface area contributed by atoms with Gasteiger partial charge in [-0.05, 0) is 207 Å². The van der Waals surface area contributed by atoms with E-state index in [0.29, 0.717) is 46.0 Å². The Labute approximate surface area is 488 Å². The van der Waals surface area contributed by atoms with Gasteiger partial charge in [0.25, 0.3) is 0 Å². The van der Waals surface area contributed by atoms with Gasteiger partial charge in [-0.1, -0.05) is 97.1 Å². The van der Waals surface area contributed by atoms with E-state index in [2.05, 4.69) is 194 Å². The maximum atomic E-state index is 6.49. The molecule has 6 aliphatic carbocycles. The lowest BCUT2D eigenvalue weighted by atomic mass is 9.30. The molecule has 8 nitrogen and oxygen atoms in total. The van der Waals surface area contributed by atoms with Crippen LogP contribution in [-0.4, -0.2) is 56.9 Å². The molecule has 12 aromatic carbocycles. The van der Waals surface area contributed by atoms with Crippen LogP contribution in [0.2, 0.25) is 0 Å². The van der Waals surface area contributed by atoms with E-state index in [4.69, 9.17) is 37.9 Å². The summed E-state index contributed by atoms with van der Waals surface area (Å²) in [5, 5.41) is 8.56. The van der Waals surface area contributed by atoms with Crippen LogP contribution in [0.25, 0.3) is 43.1 Å². The summed E-state index contributed by atoms with van der Waals surface area (Å²) in [5.74, 6) is 5.14. The predicted molar refractivity (Wildman–Crippen MR) is 334 cm³/mol. The van der Waals surface area contributed by atoms with Crippen molar-refractivity contribution in [2.75, 3.05) is 56.9 Å². The molecule has 0 amide bonds. The van der Waals surface area contributed by atoms with Gasteiger partial charge in [0.1, 0.15) is 46.0 Å². The second-order valence-corrected chi connectivity index (χ2v) is 22.4. The molecular formula is C76H60O8. The van der Waals surface area contributed by atoms with Gasteiger partial charge in [-0.25, -0.2) is 0 Å². The molecule has 0 atom stereocenters. The van der Waals surface area contributed by atoms with Crippen molar-refractivity contribution >= 4 is 43.1 Å². The molecule has 0 saturated carbocycles. The van der Waals surface area contributed by atoms with Crippen molar-refractivity contribution in [3.63, 3.8) is 0 Å². The molecule has 0 fully saturated rings. The normalized spacial score (nSPS) is 19.6. The first-order chi connectivity index (χ1) is 41.1. The standard InChI is InChI=1S/C76H60O8/c1-77-57-33-53(34-58(41-57)78-2)73-65-25-45-17-9-11-19-47(45)27-67(65)75(55-37-61(81-5)43-62(38-55)82-6,68-28-48-20-12-10-18-46(48)26-66(68)73)76(56-39-63(83-7)44-64(40-56)84-8)71-31-51-23-15-13-21-49(51)29-69(71)74(73,54-35-59(79-3)42-60(36-54)80-4)70-30-50-22-14-16-24-52(50)32-72(70)76/h9-44H,1-8H3. The Bertz CT molecular complexity index is 3860. The third-order valence-corrected chi connectivity index (χ3v) is 19.0. The Balaban J connectivity index is 1.40. The van der Waals surface area contributed by atoms with E-state index in [1.807, 2.05) is 24.3 Å². The van der Waals surface area contributed by atoms with Crippen molar-refractivity contribution in [2.24, 2.45) is 0 Å². The SMILES string of the molecule is COc1cc(OC)cc(C23c4cc5ccccc5cc4C(c4cc(OC)cc(OC)c4)(c4cc5ccccc5cc42)C2(c4cc(OC)cc(OC)c4)c4cc5ccccc5cc4C3(c3cc(OC)cc(OC)c3)c3cc4ccccc4cc32)c1. The van der Waals surface area contributed by atoms with Crippen LogP contribution in [0, 0.1) is 0 Å². The van der Waals surface area contributed by atoms with Gasteiger partial charge in [0, 0.05) is 24.3 Å². The van der Waals surface area contributed by atoms with E-state index in [-0.39, 0.29) is 0 Å². The third-order valence-electron chi connectivity index (χ3n) is 19.0. The zero-order valence-corrected chi connectivity index (χ0v) is 48.1. The summed E-state index contributed by atoms with van der Waals surface area (Å²) in [6.45, 7) is 0. The zero-order valence-electron chi connectivity index (χ0n) is 48.1. The van der Waals surface area contributed by atoms with Crippen LogP contribution in [0.4, 0.5) is 0 Å². The Morgan fingerprint density at radius 2 is 0.310 bits per heavy atom. The lowest BCUT2D eigenvalue weighted by Gasteiger charge is -2.70. The van der Waals surface area contributed by atoms with Gasteiger partial charge in [-0.2, -0.15) is 0 Å². The maximum absolute atomic E-state index is 6.49. The van der Waals surface area contributed by atoms with Gasteiger partial charge in [0.2, 0.25) is 0 Å². The molecule has 84 heavy (non-hydrogen) atoms. The smallest absolute Gasteiger partial charge is 0.122 e. The van der Waals surface area contributed by atoms with Crippen molar-refractivity contribution in [1.29, 1.82) is 0 Å². The third kappa shape index (κ3) is 6.53. The predicted octanol–water partition coefficient (Wildman–Crippen LogP) is 16.0.